The largest absolute Gasteiger partial charge is 0.493 e. The van der Waals surface area contributed by atoms with Gasteiger partial charge in [0.1, 0.15) is 0 Å². The van der Waals surface area contributed by atoms with Crippen molar-refractivity contribution in [2.24, 2.45) is 0 Å². The van der Waals surface area contributed by atoms with Crippen LogP contribution in [0.25, 0.3) is 0 Å². The number of hydrogen-bond donors (Lipinski definition) is 1. The first-order chi connectivity index (χ1) is 19.8. The van der Waals surface area contributed by atoms with Gasteiger partial charge in [0, 0.05) is 29.3 Å². The van der Waals surface area contributed by atoms with Crippen LogP contribution in [0.1, 0.15) is 69.4 Å². The first-order valence-electron chi connectivity index (χ1n) is 13.9. The predicted octanol–water partition coefficient (Wildman–Crippen LogP) is 6.58. The van der Waals surface area contributed by atoms with Crippen molar-refractivity contribution in [2.45, 2.75) is 58.3 Å². The SMILES string of the molecule is CCCCOC(=O)C1=C(C)NC2=C(C(=O)C[C@@H](c3ccc(OC)c(OC)c3)C2)[C@@H]1c1cc(Br)c(OC)c(OCC)c1. The molecule has 2 aromatic carbocycles. The van der Waals surface area contributed by atoms with Crippen LogP contribution in [0.3, 0.4) is 0 Å². The number of unbranched alkanes of at least 4 members (excludes halogenated alkanes) is 1. The molecular formula is C32H38BrNO7. The second kappa shape index (κ2) is 13.5. The fourth-order valence-corrected chi connectivity index (χ4v) is 6.21. The molecule has 4 rings (SSSR count). The Labute approximate surface area is 250 Å². The summed E-state index contributed by atoms with van der Waals surface area (Å²) in [5.74, 6) is 1.18. The molecule has 0 aromatic heterocycles. The molecule has 1 aliphatic carbocycles. The molecule has 8 nitrogen and oxygen atoms in total. The van der Waals surface area contributed by atoms with Crippen molar-refractivity contribution in [3.8, 4) is 23.0 Å². The fraction of sp³-hybridized carbons (Fsp3) is 0.438. The Morgan fingerprint density at radius 2 is 1.71 bits per heavy atom. The molecule has 0 unspecified atom stereocenters. The molecule has 0 saturated heterocycles. The maximum absolute atomic E-state index is 14.0. The number of benzene rings is 2. The van der Waals surface area contributed by atoms with E-state index in [1.807, 2.05) is 51.1 Å². The second-order valence-corrected chi connectivity index (χ2v) is 10.9. The summed E-state index contributed by atoms with van der Waals surface area (Å²) >= 11 is 3.61. The molecule has 1 aliphatic heterocycles. The minimum Gasteiger partial charge on any atom is -0.493 e. The number of nitrogens with one attached hydrogen (secondary N) is 1. The summed E-state index contributed by atoms with van der Waals surface area (Å²) in [6, 6.07) is 9.51. The van der Waals surface area contributed by atoms with Gasteiger partial charge in [-0.15, -0.1) is 0 Å². The summed E-state index contributed by atoms with van der Waals surface area (Å²) in [5.41, 5.74) is 4.21. The van der Waals surface area contributed by atoms with E-state index in [2.05, 4.69) is 21.2 Å². The van der Waals surface area contributed by atoms with E-state index in [0.717, 1.165) is 29.7 Å². The Kier molecular flexibility index (Phi) is 10.0. The number of ether oxygens (including phenoxy) is 5. The summed E-state index contributed by atoms with van der Waals surface area (Å²) in [4.78, 5) is 27.6. The van der Waals surface area contributed by atoms with Crippen molar-refractivity contribution >= 4 is 27.7 Å². The molecule has 2 aliphatic rings. The zero-order chi connectivity index (χ0) is 29.7. The fourth-order valence-electron chi connectivity index (χ4n) is 5.59. The number of carbonyl (C=O) groups excluding carboxylic acids is 2. The van der Waals surface area contributed by atoms with Gasteiger partial charge in [0.25, 0.3) is 0 Å². The molecule has 0 fully saturated rings. The van der Waals surface area contributed by atoms with Gasteiger partial charge in [0.2, 0.25) is 0 Å². The molecular weight excluding hydrogens is 590 g/mol. The van der Waals surface area contributed by atoms with Crippen LogP contribution in [-0.4, -0.2) is 46.3 Å². The Morgan fingerprint density at radius 3 is 2.37 bits per heavy atom. The number of Topliss-reactive ketones (excluding diaryl/α,β-unsaturated/α-hetero) is 1. The average Bonchev–Trinajstić information content (AvgIpc) is 2.96. The van der Waals surface area contributed by atoms with Crippen LogP contribution < -0.4 is 24.3 Å². The number of hydrogen-bond acceptors (Lipinski definition) is 8. The van der Waals surface area contributed by atoms with E-state index < -0.39 is 11.9 Å². The Hall–Kier alpha value is -3.46. The van der Waals surface area contributed by atoms with Gasteiger partial charge in [0.05, 0.1) is 44.6 Å². The van der Waals surface area contributed by atoms with Gasteiger partial charge >= 0.3 is 5.97 Å². The van der Waals surface area contributed by atoms with Gasteiger partial charge < -0.3 is 29.0 Å². The average molecular weight is 629 g/mol. The van der Waals surface area contributed by atoms with Gasteiger partial charge in [-0.25, -0.2) is 4.79 Å². The van der Waals surface area contributed by atoms with E-state index in [1.54, 1.807) is 21.3 Å². The van der Waals surface area contributed by atoms with Gasteiger partial charge in [-0.05, 0) is 83.9 Å². The molecule has 0 radical (unpaired) electrons. The van der Waals surface area contributed by atoms with Gasteiger partial charge in [-0.2, -0.15) is 0 Å². The topological polar surface area (TPSA) is 92.3 Å². The molecule has 41 heavy (non-hydrogen) atoms. The highest BCUT2D eigenvalue weighted by molar-refractivity contribution is 9.10. The molecule has 1 N–H and O–H groups in total. The third-order valence-corrected chi connectivity index (χ3v) is 8.12. The second-order valence-electron chi connectivity index (χ2n) is 10.1. The number of ketones is 1. The van der Waals surface area contributed by atoms with Crippen molar-refractivity contribution < 1.29 is 33.3 Å². The quantitative estimate of drug-likeness (QED) is 0.221. The third kappa shape index (κ3) is 6.25. The minimum atomic E-state index is -0.624. The van der Waals surface area contributed by atoms with Crippen molar-refractivity contribution in [1.29, 1.82) is 0 Å². The van der Waals surface area contributed by atoms with Crippen LogP contribution >= 0.6 is 15.9 Å². The van der Waals surface area contributed by atoms with E-state index >= 15 is 0 Å². The minimum absolute atomic E-state index is 0.0280. The van der Waals surface area contributed by atoms with Crippen LogP contribution in [-0.2, 0) is 14.3 Å². The lowest BCUT2D eigenvalue weighted by Crippen LogP contribution is -2.36. The Bertz CT molecular complexity index is 1380. The summed E-state index contributed by atoms with van der Waals surface area (Å²) < 4.78 is 28.7. The van der Waals surface area contributed by atoms with E-state index in [4.69, 9.17) is 23.7 Å². The van der Waals surface area contributed by atoms with Crippen molar-refractivity contribution in [3.63, 3.8) is 0 Å². The predicted molar refractivity (Wildman–Crippen MR) is 160 cm³/mol. The van der Waals surface area contributed by atoms with Crippen LogP contribution in [0.2, 0.25) is 0 Å². The number of carbonyl (C=O) groups is 2. The van der Waals surface area contributed by atoms with Gasteiger partial charge in [-0.3, -0.25) is 4.79 Å². The number of esters is 1. The normalized spacial score (nSPS) is 18.5. The molecule has 0 bridgehead atoms. The van der Waals surface area contributed by atoms with Crippen molar-refractivity contribution in [1.82, 2.24) is 5.32 Å². The summed E-state index contributed by atoms with van der Waals surface area (Å²) in [7, 11) is 4.77. The number of halogens is 1. The van der Waals surface area contributed by atoms with Crippen molar-refractivity contribution in [3.05, 3.63) is 68.5 Å². The number of methoxy groups -OCH3 is 3. The van der Waals surface area contributed by atoms with Gasteiger partial charge in [0.15, 0.2) is 28.8 Å². The summed E-state index contributed by atoms with van der Waals surface area (Å²) in [5, 5.41) is 3.41. The molecule has 2 atom stereocenters. The zero-order valence-corrected chi connectivity index (χ0v) is 26.1. The van der Waals surface area contributed by atoms with E-state index in [-0.39, 0.29) is 11.7 Å². The standard InChI is InChI=1S/C32H38BrNO7/c1-7-9-12-41-32(36)28-18(3)34-23-14-20(19-10-11-25(37-4)26(16-19)38-5)15-24(35)30(23)29(28)21-13-22(33)31(39-6)27(17-21)40-8-2/h10-11,13,16-17,20,29,34H,7-9,12,14-15H2,1-6H3/t20-,29+/m0/s1. The third-order valence-electron chi connectivity index (χ3n) is 7.53. The Balaban J connectivity index is 1.82. The highest BCUT2D eigenvalue weighted by atomic mass is 79.9. The number of allylic oxidation sites excluding steroid dienone is 3. The lowest BCUT2D eigenvalue weighted by atomic mass is 9.71. The van der Waals surface area contributed by atoms with E-state index in [1.165, 1.54) is 0 Å². The lowest BCUT2D eigenvalue weighted by molar-refractivity contribution is -0.139. The van der Waals surface area contributed by atoms with Crippen LogP contribution in [0.15, 0.2) is 57.3 Å². The first kappa shape index (κ1) is 30.5. The maximum Gasteiger partial charge on any atom is 0.336 e. The molecule has 2 aromatic rings. The maximum atomic E-state index is 14.0. The van der Waals surface area contributed by atoms with E-state index in [0.29, 0.717) is 70.4 Å². The number of dihydropyridines is 1. The monoisotopic (exact) mass is 627 g/mol. The first-order valence-corrected chi connectivity index (χ1v) is 14.7. The molecule has 0 saturated carbocycles. The molecule has 0 spiro atoms. The van der Waals surface area contributed by atoms with Crippen LogP contribution in [0.4, 0.5) is 0 Å². The molecule has 220 valence electrons. The van der Waals surface area contributed by atoms with Gasteiger partial charge in [-0.1, -0.05) is 19.4 Å². The smallest absolute Gasteiger partial charge is 0.336 e. The van der Waals surface area contributed by atoms with Crippen LogP contribution in [0, 0.1) is 0 Å². The highest BCUT2D eigenvalue weighted by Gasteiger charge is 2.42. The molecule has 0 amide bonds. The summed E-state index contributed by atoms with van der Waals surface area (Å²) in [6.45, 7) is 6.54. The summed E-state index contributed by atoms with van der Waals surface area (Å²) in [6.07, 6.45) is 2.55. The zero-order valence-electron chi connectivity index (χ0n) is 24.5. The molecule has 9 heteroatoms. The van der Waals surface area contributed by atoms with E-state index in [9.17, 15) is 9.59 Å². The highest BCUT2D eigenvalue weighted by Crippen LogP contribution is 2.49. The molecule has 1 heterocycles. The lowest BCUT2D eigenvalue weighted by Gasteiger charge is -2.37. The van der Waals surface area contributed by atoms with Crippen LogP contribution in [0.5, 0.6) is 23.0 Å². The van der Waals surface area contributed by atoms with Crippen molar-refractivity contribution in [2.75, 3.05) is 34.5 Å². The Morgan fingerprint density at radius 1 is 0.976 bits per heavy atom. The number of rotatable bonds is 11.